The van der Waals surface area contributed by atoms with Gasteiger partial charge in [-0.25, -0.2) is 9.48 Å². The second-order valence-electron chi connectivity index (χ2n) is 3.54. The lowest BCUT2D eigenvalue weighted by atomic mass is 10.2. The SMILES string of the molecule is COc1c(CNCCOC(N)=O)c(C)nn1C. The fraction of sp³-hybridized carbons (Fsp3) is 0.600. The van der Waals surface area contributed by atoms with Gasteiger partial charge in [-0.15, -0.1) is 0 Å². The van der Waals surface area contributed by atoms with E-state index in [1.807, 2.05) is 14.0 Å². The minimum Gasteiger partial charge on any atom is -0.481 e. The highest BCUT2D eigenvalue weighted by Gasteiger charge is 2.12. The summed E-state index contributed by atoms with van der Waals surface area (Å²) in [5.74, 6) is 0.728. The van der Waals surface area contributed by atoms with Gasteiger partial charge in [0.2, 0.25) is 5.88 Å². The monoisotopic (exact) mass is 242 g/mol. The van der Waals surface area contributed by atoms with Crippen LogP contribution in [0.2, 0.25) is 0 Å². The van der Waals surface area contributed by atoms with Gasteiger partial charge in [0.15, 0.2) is 0 Å². The fourth-order valence-corrected chi connectivity index (χ4v) is 1.58. The molecule has 0 atom stereocenters. The molecule has 7 heteroatoms. The van der Waals surface area contributed by atoms with Crippen LogP contribution in [0, 0.1) is 6.92 Å². The van der Waals surface area contributed by atoms with E-state index in [9.17, 15) is 4.79 Å². The van der Waals surface area contributed by atoms with Crippen LogP contribution >= 0.6 is 0 Å². The molecule has 0 aliphatic rings. The van der Waals surface area contributed by atoms with Crippen LogP contribution in [0.4, 0.5) is 4.79 Å². The summed E-state index contributed by atoms with van der Waals surface area (Å²) in [6, 6.07) is 0. The van der Waals surface area contributed by atoms with E-state index in [0.717, 1.165) is 17.1 Å². The Balaban J connectivity index is 2.43. The van der Waals surface area contributed by atoms with Crippen molar-refractivity contribution in [1.82, 2.24) is 15.1 Å². The number of carbonyl (C=O) groups excluding carboxylic acids is 1. The van der Waals surface area contributed by atoms with Crippen molar-refractivity contribution in [3.8, 4) is 5.88 Å². The molecule has 3 N–H and O–H groups in total. The van der Waals surface area contributed by atoms with Gasteiger partial charge >= 0.3 is 6.09 Å². The quantitative estimate of drug-likeness (QED) is 0.681. The number of rotatable bonds is 6. The Kier molecular flexibility index (Phi) is 4.77. The maximum absolute atomic E-state index is 10.3. The number of hydrogen-bond donors (Lipinski definition) is 2. The van der Waals surface area contributed by atoms with Crippen LogP contribution in [-0.2, 0) is 18.3 Å². The molecule has 0 saturated carbocycles. The van der Waals surface area contributed by atoms with Crippen molar-refractivity contribution in [2.45, 2.75) is 13.5 Å². The van der Waals surface area contributed by atoms with Crippen molar-refractivity contribution in [3.05, 3.63) is 11.3 Å². The molecule has 0 aliphatic heterocycles. The third-order valence-electron chi connectivity index (χ3n) is 2.31. The summed E-state index contributed by atoms with van der Waals surface area (Å²) in [6.07, 6.45) is -0.762. The molecule has 1 rings (SSSR count). The highest BCUT2D eigenvalue weighted by atomic mass is 16.5. The highest BCUT2D eigenvalue weighted by Crippen LogP contribution is 2.20. The zero-order valence-electron chi connectivity index (χ0n) is 10.3. The van der Waals surface area contributed by atoms with Gasteiger partial charge < -0.3 is 20.5 Å². The number of hydrogen-bond acceptors (Lipinski definition) is 5. The number of ether oxygens (including phenoxy) is 2. The molecule has 0 spiro atoms. The number of nitrogens with one attached hydrogen (secondary N) is 1. The molecular weight excluding hydrogens is 224 g/mol. The molecule has 0 aromatic carbocycles. The Hall–Kier alpha value is -1.76. The summed E-state index contributed by atoms with van der Waals surface area (Å²) in [4.78, 5) is 10.3. The number of carbonyl (C=O) groups is 1. The minimum atomic E-state index is -0.762. The lowest BCUT2D eigenvalue weighted by molar-refractivity contribution is 0.157. The molecule has 0 aliphatic carbocycles. The maximum Gasteiger partial charge on any atom is 0.404 e. The van der Waals surface area contributed by atoms with Crippen LogP contribution in [0.3, 0.4) is 0 Å². The molecule has 1 amide bonds. The van der Waals surface area contributed by atoms with Crippen molar-refractivity contribution in [2.75, 3.05) is 20.3 Å². The van der Waals surface area contributed by atoms with Crippen LogP contribution in [0.25, 0.3) is 0 Å². The van der Waals surface area contributed by atoms with E-state index in [1.54, 1.807) is 11.8 Å². The van der Waals surface area contributed by atoms with E-state index in [2.05, 4.69) is 15.2 Å². The van der Waals surface area contributed by atoms with Gasteiger partial charge in [-0.2, -0.15) is 5.10 Å². The Morgan fingerprint density at radius 3 is 2.88 bits per heavy atom. The fourth-order valence-electron chi connectivity index (χ4n) is 1.58. The van der Waals surface area contributed by atoms with Crippen molar-refractivity contribution in [1.29, 1.82) is 0 Å². The summed E-state index contributed by atoms with van der Waals surface area (Å²) in [7, 11) is 3.43. The van der Waals surface area contributed by atoms with Crippen LogP contribution in [0.15, 0.2) is 0 Å². The van der Waals surface area contributed by atoms with Crippen molar-refractivity contribution in [2.24, 2.45) is 12.8 Å². The molecule has 1 aromatic rings. The summed E-state index contributed by atoms with van der Waals surface area (Å²) in [6.45, 7) is 3.29. The molecule has 1 aromatic heterocycles. The first-order chi connectivity index (χ1) is 8.06. The molecule has 0 saturated heterocycles. The van der Waals surface area contributed by atoms with Crippen LogP contribution in [-0.4, -0.2) is 36.1 Å². The largest absolute Gasteiger partial charge is 0.481 e. The van der Waals surface area contributed by atoms with E-state index < -0.39 is 6.09 Å². The lowest BCUT2D eigenvalue weighted by Crippen LogP contribution is -2.23. The smallest absolute Gasteiger partial charge is 0.404 e. The molecule has 7 nitrogen and oxygen atoms in total. The van der Waals surface area contributed by atoms with E-state index in [-0.39, 0.29) is 6.61 Å². The van der Waals surface area contributed by atoms with Gasteiger partial charge in [-0.1, -0.05) is 0 Å². The van der Waals surface area contributed by atoms with Crippen LogP contribution in [0.1, 0.15) is 11.3 Å². The number of primary amides is 1. The standard InChI is InChI=1S/C10H18N4O3/c1-7-8(9(16-3)14(2)13-7)6-12-4-5-17-10(11)15/h12H,4-6H2,1-3H3,(H2,11,15). The average molecular weight is 242 g/mol. The second-order valence-corrected chi connectivity index (χ2v) is 3.54. The number of methoxy groups -OCH3 is 1. The third kappa shape index (κ3) is 3.63. The number of nitrogens with two attached hydrogens (primary N) is 1. The normalized spacial score (nSPS) is 10.3. The third-order valence-corrected chi connectivity index (χ3v) is 2.31. The second kappa shape index (κ2) is 6.09. The van der Waals surface area contributed by atoms with E-state index in [4.69, 9.17) is 10.5 Å². The first-order valence-corrected chi connectivity index (χ1v) is 5.25. The first kappa shape index (κ1) is 13.3. The zero-order valence-corrected chi connectivity index (χ0v) is 10.3. The Morgan fingerprint density at radius 2 is 2.29 bits per heavy atom. The van der Waals surface area contributed by atoms with Gasteiger partial charge in [0, 0.05) is 20.1 Å². The van der Waals surface area contributed by atoms with Crippen LogP contribution < -0.4 is 15.8 Å². The molecule has 0 bridgehead atoms. The minimum absolute atomic E-state index is 0.247. The predicted octanol–water partition coefficient (Wildman–Crippen LogP) is -0.0780. The maximum atomic E-state index is 10.3. The number of amides is 1. The molecule has 17 heavy (non-hydrogen) atoms. The van der Waals surface area contributed by atoms with E-state index in [1.165, 1.54) is 0 Å². The Labute approximate surface area is 99.9 Å². The topological polar surface area (TPSA) is 91.4 Å². The van der Waals surface area contributed by atoms with Crippen molar-refractivity contribution < 1.29 is 14.3 Å². The number of aromatic nitrogens is 2. The average Bonchev–Trinajstić information content (AvgIpc) is 2.52. The van der Waals surface area contributed by atoms with E-state index >= 15 is 0 Å². The summed E-state index contributed by atoms with van der Waals surface area (Å²) < 4.78 is 11.5. The molecule has 0 unspecified atom stereocenters. The number of aryl methyl sites for hydroxylation is 2. The molecule has 0 radical (unpaired) electrons. The van der Waals surface area contributed by atoms with Crippen molar-refractivity contribution in [3.63, 3.8) is 0 Å². The predicted molar refractivity (Wildman–Crippen MR) is 61.7 cm³/mol. The van der Waals surface area contributed by atoms with Crippen molar-refractivity contribution >= 4 is 6.09 Å². The van der Waals surface area contributed by atoms with Gasteiger partial charge in [0.05, 0.1) is 18.4 Å². The highest BCUT2D eigenvalue weighted by molar-refractivity contribution is 5.64. The van der Waals surface area contributed by atoms with Crippen LogP contribution in [0.5, 0.6) is 5.88 Å². The molecule has 96 valence electrons. The summed E-state index contributed by atoms with van der Waals surface area (Å²) >= 11 is 0. The first-order valence-electron chi connectivity index (χ1n) is 5.25. The lowest BCUT2D eigenvalue weighted by Gasteiger charge is -2.06. The van der Waals surface area contributed by atoms with Gasteiger partial charge in [0.1, 0.15) is 6.61 Å². The summed E-state index contributed by atoms with van der Waals surface area (Å²) in [5.41, 5.74) is 6.74. The molecular formula is C10H18N4O3. The van der Waals surface area contributed by atoms with Gasteiger partial charge in [-0.3, -0.25) is 0 Å². The summed E-state index contributed by atoms with van der Waals surface area (Å²) in [5, 5.41) is 7.38. The van der Waals surface area contributed by atoms with E-state index in [0.29, 0.717) is 13.1 Å². The number of nitrogens with zero attached hydrogens (tertiary/aromatic N) is 2. The zero-order chi connectivity index (χ0) is 12.8. The molecule has 0 fully saturated rings. The Bertz CT molecular complexity index is 389. The van der Waals surface area contributed by atoms with Gasteiger partial charge in [-0.05, 0) is 6.92 Å². The Morgan fingerprint density at radius 1 is 1.59 bits per heavy atom. The molecule has 1 heterocycles. The van der Waals surface area contributed by atoms with Gasteiger partial charge in [0.25, 0.3) is 0 Å².